The molecule has 5 N–H and O–H groups in total. The number of nitrogens with two attached hydrogens (primary N) is 2. The van der Waals surface area contributed by atoms with E-state index in [4.69, 9.17) is 20.9 Å². The van der Waals surface area contributed by atoms with E-state index in [1.165, 1.54) is 6.20 Å². The third-order valence-corrected chi connectivity index (χ3v) is 4.24. The molecule has 6 nitrogen and oxygen atoms in total. The molecule has 0 fully saturated rings. The number of nitrogens with one attached hydrogen (secondary N) is 1. The van der Waals surface area contributed by atoms with Crippen molar-refractivity contribution in [2.24, 2.45) is 11.5 Å². The summed E-state index contributed by atoms with van der Waals surface area (Å²) in [4.78, 5) is 11.8. The molecule has 140 valence electrons. The number of rotatable bonds is 7. The smallest absolute Gasteiger partial charge is 0.241 e. The molecule has 26 heavy (non-hydrogen) atoms. The van der Waals surface area contributed by atoms with Crippen molar-refractivity contribution in [1.82, 2.24) is 5.32 Å². The number of allylic oxidation sites excluding steroid dienone is 2. The summed E-state index contributed by atoms with van der Waals surface area (Å²) in [6, 6.07) is 5.26. The molecular formula is C20H27N3O3. The summed E-state index contributed by atoms with van der Waals surface area (Å²) < 4.78 is 11.5. The minimum atomic E-state index is -0.574. The molecule has 1 atom stereocenters. The Labute approximate surface area is 154 Å². The van der Waals surface area contributed by atoms with Gasteiger partial charge in [0, 0.05) is 6.20 Å². The highest BCUT2D eigenvalue weighted by molar-refractivity contribution is 5.83. The van der Waals surface area contributed by atoms with E-state index in [-0.39, 0.29) is 11.5 Å². The fourth-order valence-corrected chi connectivity index (χ4v) is 2.57. The van der Waals surface area contributed by atoms with Crippen LogP contribution >= 0.6 is 0 Å². The molecule has 2 rings (SSSR count). The lowest BCUT2D eigenvalue weighted by Gasteiger charge is -2.18. The third kappa shape index (κ3) is 4.74. The number of carbonyl (C=O) groups excluding carboxylic acids is 1. The summed E-state index contributed by atoms with van der Waals surface area (Å²) in [6.45, 7) is 10.4. The Kier molecular flexibility index (Phi) is 6.23. The summed E-state index contributed by atoms with van der Waals surface area (Å²) in [5, 5.41) is 2.65. The average Bonchev–Trinajstić information content (AvgIpc) is 2.92. The highest BCUT2D eigenvalue weighted by Gasteiger charge is 2.31. The molecule has 0 unspecified atom stereocenters. The van der Waals surface area contributed by atoms with Gasteiger partial charge in [0.2, 0.25) is 5.91 Å². The van der Waals surface area contributed by atoms with E-state index < -0.39 is 6.04 Å². The van der Waals surface area contributed by atoms with Crippen LogP contribution in [0.4, 0.5) is 0 Å². The van der Waals surface area contributed by atoms with E-state index in [0.717, 1.165) is 11.1 Å². The van der Waals surface area contributed by atoms with Crippen molar-refractivity contribution in [3.63, 3.8) is 0 Å². The van der Waals surface area contributed by atoms with Gasteiger partial charge >= 0.3 is 0 Å². The average molecular weight is 357 g/mol. The van der Waals surface area contributed by atoms with Crippen molar-refractivity contribution in [3.05, 3.63) is 65.7 Å². The van der Waals surface area contributed by atoms with Gasteiger partial charge in [0.15, 0.2) is 0 Å². The number of hydrogen-bond donors (Lipinski definition) is 3. The molecule has 1 aromatic carbocycles. The SMILES string of the molecule is C=C(/C=C\C(=C/N)NC(=O)[C@H](N)CC)Oc1ccc2c(c1)C(C)(C)OC2. The van der Waals surface area contributed by atoms with Crippen molar-refractivity contribution < 1.29 is 14.3 Å². The second kappa shape index (κ2) is 8.21. The number of benzene rings is 1. The molecule has 0 bridgehead atoms. The monoisotopic (exact) mass is 357 g/mol. The van der Waals surface area contributed by atoms with E-state index in [1.807, 2.05) is 39.0 Å². The van der Waals surface area contributed by atoms with Crippen molar-refractivity contribution in [2.75, 3.05) is 0 Å². The van der Waals surface area contributed by atoms with Crippen LogP contribution in [-0.4, -0.2) is 11.9 Å². The van der Waals surface area contributed by atoms with Gasteiger partial charge < -0.3 is 26.3 Å². The first-order chi connectivity index (χ1) is 12.3. The summed E-state index contributed by atoms with van der Waals surface area (Å²) in [7, 11) is 0. The maximum absolute atomic E-state index is 11.8. The lowest BCUT2D eigenvalue weighted by Crippen LogP contribution is -2.39. The van der Waals surface area contributed by atoms with Gasteiger partial charge in [-0.1, -0.05) is 19.6 Å². The Morgan fingerprint density at radius 3 is 2.85 bits per heavy atom. The van der Waals surface area contributed by atoms with Crippen LogP contribution in [0.5, 0.6) is 5.75 Å². The van der Waals surface area contributed by atoms with Gasteiger partial charge in [0.25, 0.3) is 0 Å². The number of ether oxygens (including phenoxy) is 2. The normalized spacial score (nSPS) is 17.0. The minimum Gasteiger partial charge on any atom is -0.458 e. The van der Waals surface area contributed by atoms with Gasteiger partial charge in [-0.3, -0.25) is 4.79 Å². The summed E-state index contributed by atoms with van der Waals surface area (Å²) >= 11 is 0. The fourth-order valence-electron chi connectivity index (χ4n) is 2.57. The molecule has 0 saturated heterocycles. The molecule has 1 aliphatic rings. The van der Waals surface area contributed by atoms with Crippen LogP contribution in [0.25, 0.3) is 0 Å². The molecule has 0 aliphatic carbocycles. The van der Waals surface area contributed by atoms with Gasteiger partial charge in [-0.05, 0) is 55.7 Å². The van der Waals surface area contributed by atoms with Crippen LogP contribution in [0.3, 0.4) is 0 Å². The predicted molar refractivity (Wildman–Crippen MR) is 102 cm³/mol. The Balaban J connectivity index is 2.00. The number of carbonyl (C=O) groups is 1. The largest absolute Gasteiger partial charge is 0.458 e. The number of fused-ring (bicyclic) bond motifs is 1. The zero-order valence-electron chi connectivity index (χ0n) is 15.5. The number of amides is 1. The fraction of sp³-hybridized carbons (Fsp3) is 0.350. The van der Waals surface area contributed by atoms with Crippen molar-refractivity contribution >= 4 is 5.91 Å². The summed E-state index contributed by atoms with van der Waals surface area (Å²) in [5.41, 5.74) is 13.6. The molecule has 6 heteroatoms. The zero-order chi connectivity index (χ0) is 19.3. The number of hydrogen-bond acceptors (Lipinski definition) is 5. The third-order valence-electron chi connectivity index (χ3n) is 4.24. The van der Waals surface area contributed by atoms with Crippen LogP contribution < -0.4 is 21.5 Å². The van der Waals surface area contributed by atoms with Gasteiger partial charge in [-0.15, -0.1) is 0 Å². The Bertz CT molecular complexity index is 751. The van der Waals surface area contributed by atoms with Crippen LogP contribution in [0, 0.1) is 0 Å². The van der Waals surface area contributed by atoms with E-state index in [9.17, 15) is 4.79 Å². The van der Waals surface area contributed by atoms with Crippen molar-refractivity contribution in [3.8, 4) is 5.75 Å². The van der Waals surface area contributed by atoms with Crippen LogP contribution in [-0.2, 0) is 21.7 Å². The second-order valence-electron chi connectivity index (χ2n) is 6.65. The van der Waals surface area contributed by atoms with Crippen molar-refractivity contribution in [2.45, 2.75) is 45.4 Å². The maximum atomic E-state index is 11.8. The summed E-state index contributed by atoms with van der Waals surface area (Å²) in [5.74, 6) is 0.795. The van der Waals surface area contributed by atoms with Gasteiger partial charge in [0.1, 0.15) is 11.5 Å². The van der Waals surface area contributed by atoms with E-state index in [1.54, 1.807) is 12.2 Å². The lowest BCUT2D eigenvalue weighted by atomic mass is 9.96. The Morgan fingerprint density at radius 2 is 2.19 bits per heavy atom. The first kappa shape index (κ1) is 19.8. The van der Waals surface area contributed by atoms with Gasteiger partial charge in [-0.2, -0.15) is 0 Å². The Morgan fingerprint density at radius 1 is 1.46 bits per heavy atom. The molecule has 0 aromatic heterocycles. The molecule has 0 spiro atoms. The molecule has 0 saturated carbocycles. The first-order valence-corrected chi connectivity index (χ1v) is 8.57. The lowest BCUT2D eigenvalue weighted by molar-refractivity contribution is -0.121. The topological polar surface area (TPSA) is 99.6 Å². The second-order valence-corrected chi connectivity index (χ2v) is 6.65. The molecule has 1 heterocycles. The van der Waals surface area contributed by atoms with E-state index in [2.05, 4.69) is 11.9 Å². The minimum absolute atomic E-state index is 0.291. The molecular weight excluding hydrogens is 330 g/mol. The van der Waals surface area contributed by atoms with Gasteiger partial charge in [0.05, 0.1) is 23.9 Å². The molecule has 1 aliphatic heterocycles. The molecule has 1 aromatic rings. The quantitative estimate of drug-likeness (QED) is 0.514. The van der Waals surface area contributed by atoms with Crippen LogP contribution in [0.1, 0.15) is 38.3 Å². The highest BCUT2D eigenvalue weighted by atomic mass is 16.5. The van der Waals surface area contributed by atoms with E-state index >= 15 is 0 Å². The Hall–Kier alpha value is -2.57. The first-order valence-electron chi connectivity index (χ1n) is 8.57. The van der Waals surface area contributed by atoms with E-state index in [0.29, 0.717) is 30.2 Å². The van der Waals surface area contributed by atoms with Crippen LogP contribution in [0.15, 0.2) is 54.6 Å². The van der Waals surface area contributed by atoms with Crippen molar-refractivity contribution in [1.29, 1.82) is 0 Å². The zero-order valence-corrected chi connectivity index (χ0v) is 15.5. The highest BCUT2D eigenvalue weighted by Crippen LogP contribution is 2.37. The standard InChI is InChI=1S/C20H27N3O3/c1-5-18(22)19(24)23-15(11-21)8-6-13(2)26-16-9-7-14-12-25-20(3,4)17(14)10-16/h6-11,18H,2,5,12,21-22H2,1,3-4H3,(H,23,24)/b8-6-,15-11+/t18-/m1/s1. The predicted octanol–water partition coefficient (Wildman–Crippen LogP) is 2.55. The molecule has 1 amide bonds. The summed E-state index contributed by atoms with van der Waals surface area (Å²) in [6.07, 6.45) is 5.08. The molecule has 0 radical (unpaired) electrons. The maximum Gasteiger partial charge on any atom is 0.241 e. The van der Waals surface area contributed by atoms with Gasteiger partial charge in [-0.25, -0.2) is 0 Å². The van der Waals surface area contributed by atoms with Crippen LogP contribution in [0.2, 0.25) is 0 Å².